The molecule has 0 bridgehead atoms. The summed E-state index contributed by atoms with van der Waals surface area (Å²) in [6.45, 7) is 4.74. The molecule has 0 unspecified atom stereocenters. The van der Waals surface area contributed by atoms with Gasteiger partial charge in [-0.25, -0.2) is 4.98 Å². The Labute approximate surface area is 165 Å². The number of methoxy groups -OCH3 is 1. The van der Waals surface area contributed by atoms with Crippen molar-refractivity contribution < 1.29 is 9.84 Å². The lowest BCUT2D eigenvalue weighted by molar-refractivity contribution is 0.112. The molecule has 0 aliphatic heterocycles. The summed E-state index contributed by atoms with van der Waals surface area (Å²) in [5.74, 6) is 1.38. The highest BCUT2D eigenvalue weighted by Crippen LogP contribution is 2.40. The lowest BCUT2D eigenvalue weighted by Gasteiger charge is -2.29. The number of aliphatic hydroxyl groups is 1. The Balaban J connectivity index is 2.10. The van der Waals surface area contributed by atoms with E-state index in [-0.39, 0.29) is 0 Å². The van der Waals surface area contributed by atoms with Crippen LogP contribution in [0.2, 0.25) is 0 Å². The number of hydrogen-bond donors (Lipinski definition) is 1. The fraction of sp³-hybridized carbons (Fsp3) is 0.208. The molecule has 4 heteroatoms. The van der Waals surface area contributed by atoms with Crippen molar-refractivity contribution in [2.45, 2.75) is 26.0 Å². The van der Waals surface area contributed by atoms with Gasteiger partial charge in [-0.15, -0.1) is 0 Å². The Morgan fingerprint density at radius 3 is 2.00 bits per heavy atom. The number of imidazole rings is 1. The van der Waals surface area contributed by atoms with Gasteiger partial charge < -0.3 is 14.4 Å². The fourth-order valence-electron chi connectivity index (χ4n) is 3.92. The largest absolute Gasteiger partial charge is 0.494 e. The Hall–Kier alpha value is -3.11. The molecule has 28 heavy (non-hydrogen) atoms. The number of ether oxygens (including phenoxy) is 1. The van der Waals surface area contributed by atoms with Crippen molar-refractivity contribution in [3.63, 3.8) is 0 Å². The summed E-state index contributed by atoms with van der Waals surface area (Å²) < 4.78 is 7.75. The zero-order valence-corrected chi connectivity index (χ0v) is 16.4. The van der Waals surface area contributed by atoms with E-state index >= 15 is 0 Å². The number of aromatic nitrogens is 2. The molecular weight excluding hydrogens is 348 g/mol. The maximum Gasteiger partial charge on any atom is 0.173 e. The van der Waals surface area contributed by atoms with Crippen LogP contribution in [0.25, 0.3) is 11.0 Å². The molecule has 1 heterocycles. The third kappa shape index (κ3) is 2.69. The molecule has 0 spiro atoms. The second kappa shape index (κ2) is 7.13. The molecule has 4 aromatic rings. The lowest BCUT2D eigenvalue weighted by Crippen LogP contribution is -2.32. The third-order valence-corrected chi connectivity index (χ3v) is 5.29. The van der Waals surface area contributed by atoms with Gasteiger partial charge in [-0.3, -0.25) is 0 Å². The van der Waals surface area contributed by atoms with E-state index in [0.29, 0.717) is 12.4 Å². The van der Waals surface area contributed by atoms with Gasteiger partial charge >= 0.3 is 0 Å². The number of hydrogen-bond acceptors (Lipinski definition) is 3. The summed E-state index contributed by atoms with van der Waals surface area (Å²) in [6.07, 6.45) is 0. The number of nitrogens with zero attached hydrogens (tertiary/aromatic N) is 2. The summed E-state index contributed by atoms with van der Waals surface area (Å²) in [6, 6.07) is 23.4. The second-order valence-corrected chi connectivity index (χ2v) is 6.91. The van der Waals surface area contributed by atoms with E-state index in [1.807, 2.05) is 79.7 Å². The van der Waals surface area contributed by atoms with E-state index in [1.54, 1.807) is 7.11 Å². The Bertz CT molecular complexity index is 1060. The smallest absolute Gasteiger partial charge is 0.173 e. The molecule has 0 aliphatic rings. The summed E-state index contributed by atoms with van der Waals surface area (Å²) >= 11 is 0. The summed E-state index contributed by atoms with van der Waals surface area (Å²) in [5.41, 5.74) is 2.94. The predicted molar refractivity (Wildman–Crippen MR) is 112 cm³/mol. The van der Waals surface area contributed by atoms with Crippen LogP contribution in [0.1, 0.15) is 29.4 Å². The molecule has 0 saturated carbocycles. The molecule has 0 aliphatic carbocycles. The molecule has 0 atom stereocenters. The average Bonchev–Trinajstić information content (AvgIpc) is 3.13. The fourth-order valence-corrected chi connectivity index (χ4v) is 3.92. The lowest BCUT2D eigenvalue weighted by atomic mass is 9.85. The van der Waals surface area contributed by atoms with Crippen molar-refractivity contribution in [1.82, 2.24) is 9.55 Å². The molecule has 0 saturated heterocycles. The zero-order valence-electron chi connectivity index (χ0n) is 16.4. The predicted octanol–water partition coefficient (Wildman–Crippen LogP) is 4.66. The minimum absolute atomic E-state index is 0.589. The normalized spacial score (nSPS) is 11.7. The Kier molecular flexibility index (Phi) is 4.65. The van der Waals surface area contributed by atoms with E-state index in [4.69, 9.17) is 9.72 Å². The monoisotopic (exact) mass is 372 g/mol. The van der Waals surface area contributed by atoms with Crippen molar-refractivity contribution in [1.29, 1.82) is 0 Å². The van der Waals surface area contributed by atoms with Crippen LogP contribution in [0.5, 0.6) is 5.75 Å². The Morgan fingerprint density at radius 1 is 0.929 bits per heavy atom. The Morgan fingerprint density at radius 2 is 1.50 bits per heavy atom. The van der Waals surface area contributed by atoms with Crippen LogP contribution in [0.4, 0.5) is 0 Å². The minimum Gasteiger partial charge on any atom is -0.494 e. The van der Waals surface area contributed by atoms with Gasteiger partial charge in [-0.2, -0.15) is 0 Å². The first-order valence-electron chi connectivity index (χ1n) is 9.49. The first kappa shape index (κ1) is 18.3. The van der Waals surface area contributed by atoms with Crippen molar-refractivity contribution in [3.05, 3.63) is 95.3 Å². The van der Waals surface area contributed by atoms with E-state index in [2.05, 4.69) is 11.5 Å². The number of fused-ring (bicyclic) bond motifs is 1. The molecule has 0 fully saturated rings. The molecule has 1 aromatic heterocycles. The third-order valence-electron chi connectivity index (χ3n) is 5.29. The number of aryl methyl sites for hydroxylation is 2. The zero-order chi connectivity index (χ0) is 19.7. The summed E-state index contributed by atoms with van der Waals surface area (Å²) in [5, 5.41) is 12.1. The minimum atomic E-state index is -1.38. The van der Waals surface area contributed by atoms with Gasteiger partial charge in [0.2, 0.25) is 0 Å². The molecule has 4 nitrogen and oxygen atoms in total. The average molecular weight is 372 g/mol. The van der Waals surface area contributed by atoms with Gasteiger partial charge in [-0.05, 0) is 36.6 Å². The van der Waals surface area contributed by atoms with E-state index in [0.717, 1.165) is 33.5 Å². The summed E-state index contributed by atoms with van der Waals surface area (Å²) in [4.78, 5) is 4.89. The highest BCUT2D eigenvalue weighted by molar-refractivity contribution is 5.84. The summed E-state index contributed by atoms with van der Waals surface area (Å²) in [7, 11) is 1.68. The van der Waals surface area contributed by atoms with E-state index in [9.17, 15) is 5.11 Å². The van der Waals surface area contributed by atoms with E-state index in [1.165, 1.54) is 0 Å². The van der Waals surface area contributed by atoms with Gasteiger partial charge in [0.25, 0.3) is 0 Å². The molecule has 142 valence electrons. The topological polar surface area (TPSA) is 47.3 Å². The van der Waals surface area contributed by atoms with Crippen LogP contribution in [0, 0.1) is 6.92 Å². The second-order valence-electron chi connectivity index (χ2n) is 6.91. The van der Waals surface area contributed by atoms with Crippen LogP contribution in [0.15, 0.2) is 72.8 Å². The molecule has 3 aromatic carbocycles. The highest BCUT2D eigenvalue weighted by Gasteiger charge is 2.39. The molecule has 0 amide bonds. The first-order valence-corrected chi connectivity index (χ1v) is 9.49. The van der Waals surface area contributed by atoms with Gasteiger partial charge in [-0.1, -0.05) is 66.7 Å². The van der Waals surface area contributed by atoms with E-state index < -0.39 is 5.60 Å². The van der Waals surface area contributed by atoms with Gasteiger partial charge in [0.1, 0.15) is 11.3 Å². The van der Waals surface area contributed by atoms with Crippen LogP contribution in [-0.4, -0.2) is 21.8 Å². The quantitative estimate of drug-likeness (QED) is 0.554. The van der Waals surface area contributed by atoms with Gasteiger partial charge in [0.05, 0.1) is 12.6 Å². The van der Waals surface area contributed by atoms with Crippen molar-refractivity contribution in [2.75, 3.05) is 7.11 Å². The van der Waals surface area contributed by atoms with Crippen LogP contribution in [-0.2, 0) is 12.1 Å². The van der Waals surface area contributed by atoms with Crippen molar-refractivity contribution >= 4 is 11.0 Å². The number of rotatable bonds is 5. The maximum atomic E-state index is 12.1. The van der Waals surface area contributed by atoms with Gasteiger partial charge in [0.15, 0.2) is 11.4 Å². The van der Waals surface area contributed by atoms with Crippen LogP contribution in [0.3, 0.4) is 0 Å². The van der Waals surface area contributed by atoms with Crippen LogP contribution >= 0.6 is 0 Å². The SMILES string of the molecule is CCn1c(C(O)(c2ccccc2)c2ccccc2)nc2ccc(C)c(OC)c21. The van der Waals surface area contributed by atoms with Crippen LogP contribution < -0.4 is 4.74 Å². The standard InChI is InChI=1S/C24H24N2O2/c1-4-26-21-20(16-15-17(2)22(21)28-3)25-23(26)24(27,18-11-7-5-8-12-18)19-13-9-6-10-14-19/h5-16,27H,4H2,1-3H3. The van der Waals surface area contributed by atoms with Crippen molar-refractivity contribution in [2.24, 2.45) is 0 Å². The molecule has 0 radical (unpaired) electrons. The van der Waals surface area contributed by atoms with Crippen molar-refractivity contribution in [3.8, 4) is 5.75 Å². The first-order chi connectivity index (χ1) is 13.6. The highest BCUT2D eigenvalue weighted by atomic mass is 16.5. The number of benzene rings is 3. The van der Waals surface area contributed by atoms with Gasteiger partial charge in [0, 0.05) is 6.54 Å². The molecule has 1 N–H and O–H groups in total. The maximum absolute atomic E-state index is 12.1. The molecule has 4 rings (SSSR count). The molecular formula is C24H24N2O2.